The van der Waals surface area contributed by atoms with Crippen LogP contribution in [-0.2, 0) is 12.6 Å². The average molecular weight is 458 g/mol. The third-order valence-corrected chi connectivity index (χ3v) is 10.4. The predicted molar refractivity (Wildman–Crippen MR) is 85.9 cm³/mol. The van der Waals surface area contributed by atoms with Crippen molar-refractivity contribution >= 4 is 30.4 Å². The monoisotopic (exact) mass is 458 g/mol. The Hall–Kier alpha value is -1.33. The third kappa shape index (κ3) is 2.81. The molecule has 3 rings (SSSR count). The zero-order valence-electron chi connectivity index (χ0n) is 11.6. The fraction of sp³-hybridized carbons (Fsp3) is 0.143. The second-order valence-electron chi connectivity index (χ2n) is 4.54. The van der Waals surface area contributed by atoms with Crippen LogP contribution in [0.5, 0.6) is 5.75 Å². The molecule has 23 heavy (non-hydrogen) atoms. The normalized spacial score (nSPS) is 15.2. The van der Waals surface area contributed by atoms with E-state index in [2.05, 4.69) is 2.51 Å². The van der Waals surface area contributed by atoms with Gasteiger partial charge in [0.2, 0.25) is 0 Å². The Morgan fingerprint density at radius 1 is 1.00 bits per heavy atom. The Kier molecular flexibility index (Phi) is 4.05. The van der Waals surface area contributed by atoms with Crippen molar-refractivity contribution in [1.82, 2.24) is 0 Å². The van der Waals surface area contributed by atoms with Crippen LogP contribution in [0.1, 0.15) is 0 Å². The van der Waals surface area contributed by atoms with Crippen molar-refractivity contribution in [3.8, 4) is 16.9 Å². The van der Waals surface area contributed by atoms with Crippen LogP contribution in [0.15, 0.2) is 42.5 Å². The minimum absolute atomic E-state index is 0.437. The van der Waals surface area contributed by atoms with Crippen LogP contribution in [0.2, 0.25) is 0 Å². The van der Waals surface area contributed by atoms with Crippen LogP contribution < -0.4 is 4.74 Å². The van der Waals surface area contributed by atoms with E-state index >= 15 is 0 Å². The zero-order valence-corrected chi connectivity index (χ0v) is 14.6. The summed E-state index contributed by atoms with van der Waals surface area (Å²) in [5.74, 6) is 0.437. The van der Waals surface area contributed by atoms with Gasteiger partial charge < -0.3 is 0 Å². The molecule has 0 atom stereocenters. The molecule has 0 saturated carbocycles. The van der Waals surface area contributed by atoms with E-state index in [9.17, 15) is 21.6 Å². The van der Waals surface area contributed by atoms with E-state index < -0.39 is 35.9 Å². The second kappa shape index (κ2) is 5.64. The number of hydrogen-bond acceptors (Lipinski definition) is 4. The molecule has 0 spiro atoms. The first kappa shape index (κ1) is 16.5. The van der Waals surface area contributed by atoms with Crippen molar-refractivity contribution in [2.45, 2.75) is 5.51 Å². The van der Waals surface area contributed by atoms with Crippen molar-refractivity contribution in [2.24, 2.45) is 0 Å². The van der Waals surface area contributed by atoms with Crippen molar-refractivity contribution in [1.29, 1.82) is 0 Å². The van der Waals surface area contributed by atoms with Gasteiger partial charge in [-0.3, -0.25) is 0 Å². The molecule has 9 heteroatoms. The van der Waals surface area contributed by atoms with Crippen LogP contribution in [0.25, 0.3) is 11.1 Å². The standard InChI is InChI=1S/C14H10F3IO4S/c1-21-9-6-7-11-10-4-2-3-5-12(10)18(13(11)8-9)22-23(19,20)14(15,16)17/h2-8H,1H3. The summed E-state index contributed by atoms with van der Waals surface area (Å²) < 4.78 is 71.6. The van der Waals surface area contributed by atoms with E-state index in [1.807, 2.05) is 0 Å². The second-order valence-corrected chi connectivity index (χ2v) is 10.9. The Labute approximate surface area is 138 Å². The molecule has 0 N–H and O–H groups in total. The maximum absolute atomic E-state index is 12.7. The summed E-state index contributed by atoms with van der Waals surface area (Å²) in [6, 6.07) is 11.7. The van der Waals surface area contributed by atoms with Crippen LogP contribution in [0.4, 0.5) is 13.2 Å². The Morgan fingerprint density at radius 3 is 2.30 bits per heavy atom. The van der Waals surface area contributed by atoms with E-state index in [1.165, 1.54) is 7.11 Å². The molecule has 0 amide bonds. The minimum atomic E-state index is -5.66. The summed E-state index contributed by atoms with van der Waals surface area (Å²) in [6.45, 7) is 0. The van der Waals surface area contributed by atoms with E-state index in [1.54, 1.807) is 42.5 Å². The van der Waals surface area contributed by atoms with Crippen LogP contribution in [0.3, 0.4) is 0 Å². The first-order valence-corrected chi connectivity index (χ1v) is 10.7. The molecule has 0 fully saturated rings. The Morgan fingerprint density at radius 2 is 1.65 bits per heavy atom. The summed E-state index contributed by atoms with van der Waals surface area (Å²) in [5.41, 5.74) is -4.06. The van der Waals surface area contributed by atoms with Gasteiger partial charge in [-0.1, -0.05) is 0 Å². The summed E-state index contributed by atoms with van der Waals surface area (Å²) in [4.78, 5) is 0. The Bertz CT molecular complexity index is 865. The van der Waals surface area contributed by atoms with Gasteiger partial charge in [-0.15, -0.1) is 0 Å². The summed E-state index contributed by atoms with van der Waals surface area (Å²) >= 11 is -3.25. The van der Waals surface area contributed by atoms with E-state index in [4.69, 9.17) is 4.74 Å². The molecule has 2 aromatic carbocycles. The molecule has 0 radical (unpaired) electrons. The maximum atomic E-state index is 12.7. The number of ether oxygens (including phenoxy) is 1. The van der Waals surface area contributed by atoms with Crippen molar-refractivity contribution in [2.75, 3.05) is 7.11 Å². The molecule has 0 saturated heterocycles. The van der Waals surface area contributed by atoms with Gasteiger partial charge in [0.1, 0.15) is 0 Å². The topological polar surface area (TPSA) is 52.6 Å². The predicted octanol–water partition coefficient (Wildman–Crippen LogP) is 4.00. The van der Waals surface area contributed by atoms with Gasteiger partial charge in [0.05, 0.1) is 0 Å². The molecule has 1 aliphatic rings. The van der Waals surface area contributed by atoms with Gasteiger partial charge in [0.15, 0.2) is 0 Å². The first-order chi connectivity index (χ1) is 10.7. The molecule has 2 aromatic rings. The average Bonchev–Trinajstić information content (AvgIpc) is 2.80. The summed E-state index contributed by atoms with van der Waals surface area (Å²) in [5, 5.41) is 0. The number of methoxy groups -OCH3 is 1. The summed E-state index contributed by atoms with van der Waals surface area (Å²) in [6.07, 6.45) is 0. The molecular formula is C14H10F3IO4S. The number of benzene rings is 2. The van der Waals surface area contributed by atoms with E-state index in [0.717, 1.165) is 0 Å². The van der Waals surface area contributed by atoms with E-state index in [0.29, 0.717) is 24.0 Å². The zero-order chi connectivity index (χ0) is 16.8. The fourth-order valence-electron chi connectivity index (χ4n) is 2.11. The van der Waals surface area contributed by atoms with Gasteiger partial charge in [-0.2, -0.15) is 0 Å². The van der Waals surface area contributed by atoms with Gasteiger partial charge >= 0.3 is 138 Å². The molecule has 0 aliphatic carbocycles. The third-order valence-electron chi connectivity index (χ3n) is 3.14. The van der Waals surface area contributed by atoms with Crippen molar-refractivity contribution in [3.63, 3.8) is 0 Å². The molecule has 0 unspecified atom stereocenters. The molecule has 1 heterocycles. The van der Waals surface area contributed by atoms with Crippen LogP contribution >= 0.6 is 20.2 Å². The number of fused-ring (bicyclic) bond motifs is 3. The Balaban J connectivity index is 2.14. The molecule has 0 bridgehead atoms. The van der Waals surface area contributed by atoms with Crippen molar-refractivity contribution < 1.29 is 28.8 Å². The first-order valence-electron chi connectivity index (χ1n) is 6.23. The number of rotatable bonds is 3. The van der Waals surface area contributed by atoms with Gasteiger partial charge in [-0.05, 0) is 0 Å². The number of alkyl halides is 3. The molecular weight excluding hydrogens is 448 g/mol. The van der Waals surface area contributed by atoms with Crippen LogP contribution in [0, 0.1) is 7.14 Å². The molecule has 1 aliphatic heterocycles. The fourth-order valence-corrected chi connectivity index (χ4v) is 9.42. The van der Waals surface area contributed by atoms with E-state index in [-0.39, 0.29) is 0 Å². The van der Waals surface area contributed by atoms with Gasteiger partial charge in [0, 0.05) is 0 Å². The van der Waals surface area contributed by atoms with Gasteiger partial charge in [-0.25, -0.2) is 0 Å². The van der Waals surface area contributed by atoms with Gasteiger partial charge in [0.25, 0.3) is 0 Å². The van der Waals surface area contributed by atoms with Crippen molar-refractivity contribution in [3.05, 3.63) is 49.6 Å². The quantitative estimate of drug-likeness (QED) is 0.516. The number of halogens is 4. The number of hydrogen-bond donors (Lipinski definition) is 0. The molecule has 0 aromatic heterocycles. The SMILES string of the molecule is COc1ccc2c(c1)I(OS(=O)(=O)C(F)(F)F)c1ccccc1-2. The summed E-state index contributed by atoms with van der Waals surface area (Å²) in [7, 11) is -4.23. The molecule has 124 valence electrons. The molecule has 4 nitrogen and oxygen atoms in total. The van der Waals surface area contributed by atoms with Crippen LogP contribution in [-0.4, -0.2) is 21.0 Å².